The van der Waals surface area contributed by atoms with E-state index >= 15 is 0 Å². The van der Waals surface area contributed by atoms with Crippen molar-refractivity contribution in [3.05, 3.63) is 35.4 Å². The van der Waals surface area contributed by atoms with Gasteiger partial charge in [0.25, 0.3) is 0 Å². The van der Waals surface area contributed by atoms with Crippen LogP contribution in [-0.4, -0.2) is 45.0 Å². The van der Waals surface area contributed by atoms with E-state index in [9.17, 15) is 9.59 Å². The van der Waals surface area contributed by atoms with E-state index in [1.165, 1.54) is 0 Å². The molecule has 2 aromatic heterocycles. The van der Waals surface area contributed by atoms with Crippen LogP contribution in [-0.2, 0) is 15.1 Å². The van der Waals surface area contributed by atoms with Crippen molar-refractivity contribution in [2.75, 3.05) is 13.1 Å². The Hall–Kier alpha value is -2.57. The molecule has 2 aliphatic rings. The summed E-state index contributed by atoms with van der Waals surface area (Å²) in [5.74, 6) is 1.26. The monoisotopic (exact) mass is 412 g/mol. The average Bonchev–Trinajstić information content (AvgIpc) is 2.95. The SMILES string of the molecule is Cc1cccn2c(C(C)(C)NC(=O)C3[C@H]4CN(C(=O)OC(C)(C)C)C[C@@H]34)nc(C)c12. The molecule has 1 aliphatic heterocycles. The number of nitrogens with zero attached hydrogens (tertiary/aromatic N) is 3. The van der Waals surface area contributed by atoms with Crippen molar-refractivity contribution in [1.82, 2.24) is 19.6 Å². The highest BCUT2D eigenvalue weighted by molar-refractivity contribution is 5.84. The molecular weight excluding hydrogens is 380 g/mol. The summed E-state index contributed by atoms with van der Waals surface area (Å²) in [5, 5.41) is 3.21. The predicted molar refractivity (Wildman–Crippen MR) is 114 cm³/mol. The Morgan fingerprint density at radius 3 is 2.37 bits per heavy atom. The number of fused-ring (bicyclic) bond motifs is 2. The topological polar surface area (TPSA) is 75.9 Å². The number of rotatable bonds is 3. The number of imidazole rings is 1. The first-order chi connectivity index (χ1) is 13.9. The first-order valence-corrected chi connectivity index (χ1v) is 10.6. The fourth-order valence-corrected chi connectivity index (χ4v) is 4.80. The molecule has 1 saturated heterocycles. The number of pyridine rings is 1. The second-order valence-electron chi connectivity index (χ2n) is 10.3. The van der Waals surface area contributed by atoms with Gasteiger partial charge in [-0.3, -0.25) is 4.79 Å². The highest BCUT2D eigenvalue weighted by Gasteiger charge is 2.61. The van der Waals surface area contributed by atoms with Crippen LogP contribution in [0.15, 0.2) is 18.3 Å². The first-order valence-electron chi connectivity index (χ1n) is 10.6. The maximum Gasteiger partial charge on any atom is 0.410 e. The van der Waals surface area contributed by atoms with Crippen LogP contribution in [0.1, 0.15) is 51.7 Å². The van der Waals surface area contributed by atoms with Crippen LogP contribution in [0.2, 0.25) is 0 Å². The van der Waals surface area contributed by atoms with Crippen LogP contribution in [0.3, 0.4) is 0 Å². The molecule has 0 bridgehead atoms. The van der Waals surface area contributed by atoms with Crippen molar-refractivity contribution in [3.8, 4) is 0 Å². The van der Waals surface area contributed by atoms with Crippen LogP contribution in [0.5, 0.6) is 0 Å². The number of carbonyl (C=O) groups is 2. The molecule has 3 atom stereocenters. The van der Waals surface area contributed by atoms with Gasteiger partial charge in [-0.2, -0.15) is 0 Å². The minimum atomic E-state index is -0.607. The molecule has 0 spiro atoms. The summed E-state index contributed by atoms with van der Waals surface area (Å²) in [6, 6.07) is 4.07. The quantitative estimate of drug-likeness (QED) is 0.838. The van der Waals surface area contributed by atoms with Gasteiger partial charge in [-0.05, 0) is 71.9 Å². The van der Waals surface area contributed by atoms with E-state index < -0.39 is 11.1 Å². The molecule has 7 heteroatoms. The molecule has 162 valence electrons. The number of hydrogen-bond donors (Lipinski definition) is 1. The third kappa shape index (κ3) is 3.55. The van der Waals surface area contributed by atoms with E-state index in [1.54, 1.807) is 4.90 Å². The fourth-order valence-electron chi connectivity index (χ4n) is 4.80. The summed E-state index contributed by atoms with van der Waals surface area (Å²) in [6.07, 6.45) is 1.71. The fraction of sp³-hybridized carbons (Fsp3) is 0.609. The zero-order chi connectivity index (χ0) is 22.0. The lowest BCUT2D eigenvalue weighted by molar-refractivity contribution is -0.125. The summed E-state index contributed by atoms with van der Waals surface area (Å²) >= 11 is 0. The predicted octanol–water partition coefficient (Wildman–Crippen LogP) is 3.42. The van der Waals surface area contributed by atoms with Crippen LogP contribution in [0.4, 0.5) is 4.79 Å². The van der Waals surface area contributed by atoms with Gasteiger partial charge in [-0.1, -0.05) is 6.07 Å². The minimum absolute atomic E-state index is 0.0425. The summed E-state index contributed by atoms with van der Waals surface area (Å²) in [5.41, 5.74) is 2.10. The van der Waals surface area contributed by atoms with E-state index in [0.29, 0.717) is 13.1 Å². The lowest BCUT2D eigenvalue weighted by atomic mass is 10.0. The van der Waals surface area contributed by atoms with Crippen molar-refractivity contribution in [2.24, 2.45) is 17.8 Å². The standard InChI is InChI=1S/C23H32N4O3/c1-13-9-8-10-27-18(13)14(2)24-20(27)23(6,7)25-19(28)17-15-11-26(12-16(15)17)21(29)30-22(3,4)5/h8-10,15-17H,11-12H2,1-7H3,(H,25,28)/t15-,16+,17?. The van der Waals surface area contributed by atoms with Crippen molar-refractivity contribution in [2.45, 2.75) is 59.6 Å². The van der Waals surface area contributed by atoms with Crippen LogP contribution < -0.4 is 5.32 Å². The lowest BCUT2D eigenvalue weighted by Crippen LogP contribution is -2.45. The van der Waals surface area contributed by atoms with Crippen molar-refractivity contribution in [1.29, 1.82) is 0 Å². The number of ether oxygens (including phenoxy) is 1. The van der Waals surface area contributed by atoms with Crippen LogP contribution >= 0.6 is 0 Å². The molecule has 3 heterocycles. The second-order valence-corrected chi connectivity index (χ2v) is 10.3. The van der Waals surface area contributed by atoms with Gasteiger partial charge >= 0.3 is 6.09 Å². The van der Waals surface area contributed by atoms with Gasteiger partial charge in [0.2, 0.25) is 5.91 Å². The summed E-state index contributed by atoms with van der Waals surface area (Å²) in [6.45, 7) is 14.8. The maximum absolute atomic E-state index is 13.0. The van der Waals surface area contributed by atoms with Gasteiger partial charge in [0, 0.05) is 25.2 Å². The Morgan fingerprint density at radius 1 is 1.13 bits per heavy atom. The third-order valence-corrected chi connectivity index (χ3v) is 6.18. The average molecular weight is 413 g/mol. The number of nitrogens with one attached hydrogen (secondary N) is 1. The molecule has 0 aromatic carbocycles. The molecule has 1 N–H and O–H groups in total. The number of aryl methyl sites for hydroxylation is 2. The maximum atomic E-state index is 13.0. The van der Waals surface area contributed by atoms with E-state index in [2.05, 4.69) is 22.7 Å². The first kappa shape index (κ1) is 20.7. The smallest absolute Gasteiger partial charge is 0.410 e. The Balaban J connectivity index is 1.43. The highest BCUT2D eigenvalue weighted by Crippen LogP contribution is 2.52. The number of piperidine rings is 1. The molecular formula is C23H32N4O3. The molecule has 1 aliphatic carbocycles. The summed E-state index contributed by atoms with van der Waals surface area (Å²) < 4.78 is 7.53. The van der Waals surface area contributed by atoms with E-state index in [4.69, 9.17) is 9.72 Å². The number of amides is 2. The van der Waals surface area contributed by atoms with Gasteiger partial charge in [0.15, 0.2) is 0 Å². The Kier molecular flexibility index (Phi) is 4.64. The second kappa shape index (κ2) is 6.72. The third-order valence-electron chi connectivity index (χ3n) is 6.18. The van der Waals surface area contributed by atoms with Gasteiger partial charge < -0.3 is 19.4 Å². The minimum Gasteiger partial charge on any atom is -0.444 e. The Morgan fingerprint density at radius 2 is 1.77 bits per heavy atom. The van der Waals surface area contributed by atoms with Gasteiger partial charge in [0.1, 0.15) is 11.4 Å². The largest absolute Gasteiger partial charge is 0.444 e. The van der Waals surface area contributed by atoms with E-state index in [0.717, 1.165) is 22.6 Å². The van der Waals surface area contributed by atoms with Crippen LogP contribution in [0.25, 0.3) is 5.52 Å². The normalized spacial score (nSPS) is 23.4. The Bertz CT molecular complexity index is 1010. The molecule has 30 heavy (non-hydrogen) atoms. The van der Waals surface area contributed by atoms with Crippen molar-refractivity contribution < 1.29 is 14.3 Å². The molecule has 4 rings (SSSR count). The Labute approximate surface area is 177 Å². The molecule has 7 nitrogen and oxygen atoms in total. The number of hydrogen-bond acceptors (Lipinski definition) is 4. The molecule has 0 radical (unpaired) electrons. The van der Waals surface area contributed by atoms with E-state index in [1.807, 2.05) is 53.8 Å². The van der Waals surface area contributed by atoms with Crippen molar-refractivity contribution in [3.63, 3.8) is 0 Å². The zero-order valence-corrected chi connectivity index (χ0v) is 18.9. The molecule has 1 unspecified atom stereocenters. The highest BCUT2D eigenvalue weighted by atomic mass is 16.6. The van der Waals surface area contributed by atoms with Gasteiger partial charge in [-0.15, -0.1) is 0 Å². The summed E-state index contributed by atoms with van der Waals surface area (Å²) in [7, 11) is 0. The molecule has 2 aromatic rings. The van der Waals surface area contributed by atoms with Crippen molar-refractivity contribution >= 4 is 17.5 Å². The number of carbonyl (C=O) groups excluding carboxylic acids is 2. The van der Waals surface area contributed by atoms with Gasteiger partial charge in [-0.25, -0.2) is 9.78 Å². The molecule has 2 fully saturated rings. The van der Waals surface area contributed by atoms with Crippen LogP contribution in [0, 0.1) is 31.6 Å². The molecule has 1 saturated carbocycles. The van der Waals surface area contributed by atoms with Gasteiger partial charge in [0.05, 0.1) is 16.7 Å². The zero-order valence-electron chi connectivity index (χ0n) is 18.9. The molecule has 2 amide bonds. The lowest BCUT2D eigenvalue weighted by Gasteiger charge is -2.27. The van der Waals surface area contributed by atoms with E-state index in [-0.39, 0.29) is 29.8 Å². The number of aromatic nitrogens is 2. The summed E-state index contributed by atoms with van der Waals surface area (Å²) in [4.78, 5) is 31.8. The number of likely N-dealkylation sites (tertiary alicyclic amines) is 1.